The number of rotatable bonds is 2. The number of nitrogens with zero attached hydrogens (tertiary/aromatic N) is 3. The molecular formula is C11H11N3O3. The smallest absolute Gasteiger partial charge is 0.270 e. The van der Waals surface area contributed by atoms with E-state index in [9.17, 15) is 10.1 Å². The molecule has 0 fully saturated rings. The quantitative estimate of drug-likeness (QED) is 0.373. The van der Waals surface area contributed by atoms with Crippen LogP contribution in [0.4, 0.5) is 5.69 Å². The van der Waals surface area contributed by atoms with E-state index < -0.39 is 4.92 Å². The van der Waals surface area contributed by atoms with Crippen molar-refractivity contribution in [3.8, 4) is 0 Å². The molecule has 0 aliphatic heterocycles. The molecular weight excluding hydrogens is 222 g/mol. The lowest BCUT2D eigenvalue weighted by atomic mass is 10.1. The third-order valence-electron chi connectivity index (χ3n) is 2.92. The van der Waals surface area contributed by atoms with Crippen molar-refractivity contribution in [3.05, 3.63) is 39.6 Å². The van der Waals surface area contributed by atoms with Crippen molar-refractivity contribution >= 4 is 22.8 Å². The van der Waals surface area contributed by atoms with Crippen molar-refractivity contribution in [3.63, 3.8) is 0 Å². The van der Waals surface area contributed by atoms with E-state index in [0.29, 0.717) is 10.9 Å². The Balaban J connectivity index is 2.83. The van der Waals surface area contributed by atoms with Crippen LogP contribution in [0, 0.1) is 17.0 Å². The van der Waals surface area contributed by atoms with E-state index in [2.05, 4.69) is 5.16 Å². The highest BCUT2D eigenvalue weighted by Gasteiger charge is 2.14. The molecule has 2 aromatic rings. The summed E-state index contributed by atoms with van der Waals surface area (Å²) in [4.78, 5) is 10.3. The summed E-state index contributed by atoms with van der Waals surface area (Å²) in [6, 6.07) is 4.64. The van der Waals surface area contributed by atoms with Gasteiger partial charge in [-0.2, -0.15) is 0 Å². The number of hydrogen-bond donors (Lipinski definition) is 1. The number of benzene rings is 1. The second-order valence-corrected chi connectivity index (χ2v) is 3.76. The average molecular weight is 233 g/mol. The van der Waals surface area contributed by atoms with Gasteiger partial charge in [0.25, 0.3) is 5.69 Å². The minimum absolute atomic E-state index is 0.0238. The van der Waals surface area contributed by atoms with Gasteiger partial charge < -0.3 is 9.77 Å². The van der Waals surface area contributed by atoms with Gasteiger partial charge in [0.05, 0.1) is 11.1 Å². The molecule has 0 saturated carbocycles. The van der Waals surface area contributed by atoms with E-state index in [0.717, 1.165) is 11.2 Å². The Morgan fingerprint density at radius 3 is 2.82 bits per heavy atom. The Kier molecular flexibility index (Phi) is 2.55. The van der Waals surface area contributed by atoms with Gasteiger partial charge in [-0.25, -0.2) is 0 Å². The van der Waals surface area contributed by atoms with Crippen LogP contribution in [0.2, 0.25) is 0 Å². The van der Waals surface area contributed by atoms with Crippen LogP contribution in [0.3, 0.4) is 0 Å². The predicted molar refractivity (Wildman–Crippen MR) is 63.7 cm³/mol. The summed E-state index contributed by atoms with van der Waals surface area (Å²) in [6.07, 6.45) is 1.29. The van der Waals surface area contributed by atoms with Crippen LogP contribution in [0.25, 0.3) is 10.9 Å². The van der Waals surface area contributed by atoms with Gasteiger partial charge in [-0.3, -0.25) is 10.1 Å². The fraction of sp³-hybridized carbons (Fsp3) is 0.182. The lowest BCUT2D eigenvalue weighted by Crippen LogP contribution is -1.91. The summed E-state index contributed by atoms with van der Waals surface area (Å²) < 4.78 is 1.90. The number of nitro groups is 1. The standard InChI is InChI=1S/C11H11N3O3/c1-7-10(6-12-15)9-5-8(14(16)17)3-4-11(9)13(7)2/h3-6,15H,1-2H3. The molecule has 1 N–H and O–H groups in total. The Bertz CT molecular complexity index is 628. The molecule has 0 aliphatic rings. The van der Waals surface area contributed by atoms with Gasteiger partial charge in [-0.05, 0) is 13.0 Å². The first kappa shape index (κ1) is 11.1. The van der Waals surface area contributed by atoms with E-state index in [1.54, 1.807) is 6.07 Å². The normalized spacial score (nSPS) is 11.4. The van der Waals surface area contributed by atoms with Gasteiger partial charge >= 0.3 is 0 Å². The van der Waals surface area contributed by atoms with Gasteiger partial charge in [0.15, 0.2) is 0 Å². The highest BCUT2D eigenvalue weighted by atomic mass is 16.6. The summed E-state index contributed by atoms with van der Waals surface area (Å²) >= 11 is 0. The van der Waals surface area contributed by atoms with Crippen molar-refractivity contribution in [2.24, 2.45) is 12.2 Å². The van der Waals surface area contributed by atoms with Crippen LogP contribution in [0.5, 0.6) is 0 Å². The molecule has 0 atom stereocenters. The first-order valence-electron chi connectivity index (χ1n) is 4.97. The molecule has 0 saturated heterocycles. The van der Waals surface area contributed by atoms with Crippen molar-refractivity contribution in [1.82, 2.24) is 4.57 Å². The van der Waals surface area contributed by atoms with E-state index in [1.165, 1.54) is 18.3 Å². The topological polar surface area (TPSA) is 80.7 Å². The fourth-order valence-electron chi connectivity index (χ4n) is 1.92. The molecule has 6 heteroatoms. The average Bonchev–Trinajstić information content (AvgIpc) is 2.54. The molecule has 17 heavy (non-hydrogen) atoms. The van der Waals surface area contributed by atoms with E-state index in [1.807, 2.05) is 18.5 Å². The number of hydrogen-bond acceptors (Lipinski definition) is 4. The van der Waals surface area contributed by atoms with E-state index in [4.69, 9.17) is 5.21 Å². The highest BCUT2D eigenvalue weighted by molar-refractivity contribution is 6.01. The molecule has 2 rings (SSSR count). The molecule has 0 spiro atoms. The third kappa shape index (κ3) is 1.63. The largest absolute Gasteiger partial charge is 0.411 e. The summed E-state index contributed by atoms with van der Waals surface area (Å²) in [5, 5.41) is 23.0. The second kappa shape index (κ2) is 3.89. The maximum absolute atomic E-state index is 10.7. The second-order valence-electron chi connectivity index (χ2n) is 3.76. The molecule has 0 aliphatic carbocycles. The maximum Gasteiger partial charge on any atom is 0.270 e. The number of nitro benzene ring substituents is 1. The number of non-ortho nitro benzene ring substituents is 1. The van der Waals surface area contributed by atoms with E-state index >= 15 is 0 Å². The minimum Gasteiger partial charge on any atom is -0.411 e. The van der Waals surface area contributed by atoms with Crippen LogP contribution in [0.15, 0.2) is 23.4 Å². The van der Waals surface area contributed by atoms with Crippen LogP contribution >= 0.6 is 0 Å². The van der Waals surface area contributed by atoms with Gasteiger partial charge in [0.1, 0.15) is 0 Å². The molecule has 1 aromatic heterocycles. The molecule has 88 valence electrons. The summed E-state index contributed by atoms with van der Waals surface area (Å²) in [5.74, 6) is 0. The first-order valence-corrected chi connectivity index (χ1v) is 4.97. The van der Waals surface area contributed by atoms with Crippen molar-refractivity contribution in [1.29, 1.82) is 0 Å². The van der Waals surface area contributed by atoms with Crippen molar-refractivity contribution in [2.45, 2.75) is 6.92 Å². The molecule has 6 nitrogen and oxygen atoms in total. The van der Waals surface area contributed by atoms with Gasteiger partial charge in [0.2, 0.25) is 0 Å². The lowest BCUT2D eigenvalue weighted by molar-refractivity contribution is -0.384. The summed E-state index contributed by atoms with van der Waals surface area (Å²) in [6.45, 7) is 1.86. The number of aromatic nitrogens is 1. The monoisotopic (exact) mass is 233 g/mol. The maximum atomic E-state index is 10.7. The zero-order valence-corrected chi connectivity index (χ0v) is 9.41. The Morgan fingerprint density at radius 2 is 2.24 bits per heavy atom. The number of oxime groups is 1. The van der Waals surface area contributed by atoms with Crippen LogP contribution in [-0.4, -0.2) is 20.9 Å². The summed E-state index contributed by atoms with van der Waals surface area (Å²) in [7, 11) is 1.86. The zero-order valence-electron chi connectivity index (χ0n) is 9.41. The molecule has 0 unspecified atom stereocenters. The Labute approximate surface area is 96.9 Å². The molecule has 1 aromatic carbocycles. The summed E-state index contributed by atoms with van der Waals surface area (Å²) in [5.41, 5.74) is 2.46. The van der Waals surface area contributed by atoms with Gasteiger partial charge in [0, 0.05) is 41.3 Å². The predicted octanol–water partition coefficient (Wildman–Crippen LogP) is 2.20. The van der Waals surface area contributed by atoms with Crippen LogP contribution in [-0.2, 0) is 7.05 Å². The SMILES string of the molecule is Cc1c(C=NO)c2cc([N+](=O)[O-])ccc2n1C. The highest BCUT2D eigenvalue weighted by Crippen LogP contribution is 2.27. The number of aryl methyl sites for hydroxylation is 1. The molecule has 1 heterocycles. The van der Waals surface area contributed by atoms with Crippen molar-refractivity contribution < 1.29 is 10.1 Å². The lowest BCUT2D eigenvalue weighted by Gasteiger charge is -1.97. The Morgan fingerprint density at radius 1 is 1.53 bits per heavy atom. The molecule has 0 bridgehead atoms. The Hall–Kier alpha value is -2.37. The van der Waals surface area contributed by atoms with Crippen LogP contribution in [0.1, 0.15) is 11.3 Å². The molecule has 0 amide bonds. The number of fused-ring (bicyclic) bond motifs is 1. The third-order valence-corrected chi connectivity index (χ3v) is 2.92. The zero-order chi connectivity index (χ0) is 12.6. The van der Waals surface area contributed by atoms with Crippen molar-refractivity contribution in [2.75, 3.05) is 0 Å². The first-order chi connectivity index (χ1) is 8.06. The molecule has 0 radical (unpaired) electrons. The minimum atomic E-state index is -0.443. The van der Waals surface area contributed by atoms with Crippen LogP contribution < -0.4 is 0 Å². The fourth-order valence-corrected chi connectivity index (χ4v) is 1.92. The van der Waals surface area contributed by atoms with Gasteiger partial charge in [-0.15, -0.1) is 0 Å². The van der Waals surface area contributed by atoms with E-state index in [-0.39, 0.29) is 5.69 Å². The van der Waals surface area contributed by atoms with Gasteiger partial charge in [-0.1, -0.05) is 5.16 Å².